The maximum Gasteiger partial charge on any atom is 0.268 e. The van der Waals surface area contributed by atoms with E-state index in [9.17, 15) is 4.79 Å². The Morgan fingerprint density at radius 1 is 0.972 bits per heavy atom. The Morgan fingerprint density at radius 3 is 2.47 bits per heavy atom. The van der Waals surface area contributed by atoms with Crippen molar-refractivity contribution in [2.45, 2.75) is 70.4 Å². The first-order chi connectivity index (χ1) is 17.6. The Kier molecular flexibility index (Phi) is 7.81. The number of likely N-dealkylation sites (tertiary alicyclic amines) is 1. The number of aromatic nitrogens is 1. The van der Waals surface area contributed by atoms with Gasteiger partial charge in [-0.05, 0) is 94.1 Å². The van der Waals surface area contributed by atoms with Crippen LogP contribution in [0, 0.1) is 0 Å². The van der Waals surface area contributed by atoms with Crippen LogP contribution in [-0.2, 0) is 0 Å². The van der Waals surface area contributed by atoms with Crippen LogP contribution in [0.3, 0.4) is 0 Å². The summed E-state index contributed by atoms with van der Waals surface area (Å²) in [6, 6.07) is 17.0. The maximum atomic E-state index is 13.4. The number of nitrogens with one attached hydrogen (secondary N) is 1. The maximum absolute atomic E-state index is 13.4. The van der Waals surface area contributed by atoms with Crippen LogP contribution in [0.1, 0.15) is 68.8 Å². The largest absolute Gasteiger partial charge is 0.497 e. The van der Waals surface area contributed by atoms with Crippen LogP contribution in [0.4, 0.5) is 0 Å². The fourth-order valence-corrected chi connectivity index (χ4v) is 5.75. The number of benzene rings is 2. The summed E-state index contributed by atoms with van der Waals surface area (Å²) in [7, 11) is 1.67. The molecule has 2 aliphatic rings. The fourth-order valence-electron chi connectivity index (χ4n) is 5.75. The van der Waals surface area contributed by atoms with Gasteiger partial charge in [0, 0.05) is 29.7 Å². The minimum Gasteiger partial charge on any atom is -0.497 e. The standard InChI is InChI=1S/C30H39N3O3/c1-22-8-6-17-32(22)18-7-19-36-26-13-11-25(12-14-26)33-28-16-15-27(35-2)20-23(28)21-29(33)30(34)31-24-9-4-3-5-10-24/h11-16,20-22,24H,3-10,17-19H2,1-2H3,(H,31,34)/t22-/m1/s1. The molecule has 1 N–H and O–H groups in total. The normalized spacial score (nSPS) is 19.0. The highest BCUT2D eigenvalue weighted by Gasteiger charge is 2.22. The first-order valence-electron chi connectivity index (χ1n) is 13.6. The predicted octanol–water partition coefficient (Wildman–Crippen LogP) is 5.95. The zero-order valence-corrected chi connectivity index (χ0v) is 21.7. The van der Waals surface area contributed by atoms with E-state index in [0.29, 0.717) is 18.3 Å². The lowest BCUT2D eigenvalue weighted by molar-refractivity contribution is 0.0921. The summed E-state index contributed by atoms with van der Waals surface area (Å²) in [5, 5.41) is 4.27. The molecule has 1 aliphatic carbocycles. The molecular formula is C30H39N3O3. The Balaban J connectivity index is 1.32. The quantitative estimate of drug-likeness (QED) is 0.377. The molecule has 192 valence electrons. The van der Waals surface area contributed by atoms with Crippen molar-refractivity contribution in [2.24, 2.45) is 0 Å². The van der Waals surface area contributed by atoms with Gasteiger partial charge in [0.2, 0.25) is 0 Å². The zero-order valence-electron chi connectivity index (χ0n) is 21.7. The smallest absolute Gasteiger partial charge is 0.268 e. The molecule has 2 fully saturated rings. The van der Waals surface area contributed by atoms with E-state index in [0.717, 1.165) is 53.9 Å². The van der Waals surface area contributed by atoms with Crippen LogP contribution in [0.5, 0.6) is 11.5 Å². The van der Waals surface area contributed by atoms with E-state index >= 15 is 0 Å². The molecule has 2 heterocycles. The average molecular weight is 490 g/mol. The fraction of sp³-hybridized carbons (Fsp3) is 0.500. The van der Waals surface area contributed by atoms with Crippen molar-refractivity contribution in [1.29, 1.82) is 0 Å². The molecule has 6 nitrogen and oxygen atoms in total. The van der Waals surface area contributed by atoms with E-state index in [1.807, 2.05) is 53.1 Å². The molecule has 2 aromatic carbocycles. The number of amides is 1. The van der Waals surface area contributed by atoms with Crippen molar-refractivity contribution >= 4 is 16.8 Å². The van der Waals surface area contributed by atoms with Gasteiger partial charge in [-0.1, -0.05) is 19.3 Å². The molecule has 6 heteroatoms. The first-order valence-corrected chi connectivity index (χ1v) is 13.6. The molecule has 1 atom stereocenters. The minimum absolute atomic E-state index is 0.0199. The highest BCUT2D eigenvalue weighted by Crippen LogP contribution is 2.29. The number of methoxy groups -OCH3 is 1. The Morgan fingerprint density at radius 2 is 1.75 bits per heavy atom. The number of hydrogen-bond donors (Lipinski definition) is 1. The summed E-state index contributed by atoms with van der Waals surface area (Å²) < 4.78 is 13.5. The molecule has 1 aromatic heterocycles. The second-order valence-corrected chi connectivity index (χ2v) is 10.3. The molecular weight excluding hydrogens is 450 g/mol. The molecule has 1 amide bonds. The molecule has 0 radical (unpaired) electrons. The van der Waals surface area contributed by atoms with E-state index in [1.165, 1.54) is 38.6 Å². The van der Waals surface area contributed by atoms with Gasteiger partial charge in [-0.2, -0.15) is 0 Å². The number of nitrogens with zero attached hydrogens (tertiary/aromatic N) is 2. The van der Waals surface area contributed by atoms with Gasteiger partial charge in [0.05, 0.1) is 19.2 Å². The van der Waals surface area contributed by atoms with Crippen molar-refractivity contribution in [3.63, 3.8) is 0 Å². The molecule has 1 aliphatic heterocycles. The number of ether oxygens (including phenoxy) is 2. The second-order valence-electron chi connectivity index (χ2n) is 10.3. The third-order valence-corrected chi connectivity index (χ3v) is 7.83. The lowest BCUT2D eigenvalue weighted by Crippen LogP contribution is -2.37. The van der Waals surface area contributed by atoms with E-state index < -0.39 is 0 Å². The number of rotatable bonds is 9. The molecule has 0 unspecified atom stereocenters. The second kappa shape index (κ2) is 11.4. The van der Waals surface area contributed by atoms with Crippen LogP contribution in [0.25, 0.3) is 16.6 Å². The van der Waals surface area contributed by atoms with Gasteiger partial charge in [-0.25, -0.2) is 0 Å². The van der Waals surface area contributed by atoms with Crippen LogP contribution < -0.4 is 14.8 Å². The molecule has 36 heavy (non-hydrogen) atoms. The van der Waals surface area contributed by atoms with E-state index in [1.54, 1.807) is 7.11 Å². The van der Waals surface area contributed by atoms with E-state index in [-0.39, 0.29) is 11.9 Å². The minimum atomic E-state index is -0.0199. The topological polar surface area (TPSA) is 55.7 Å². The monoisotopic (exact) mass is 489 g/mol. The van der Waals surface area contributed by atoms with Gasteiger partial charge < -0.3 is 24.3 Å². The van der Waals surface area contributed by atoms with Crippen molar-refractivity contribution < 1.29 is 14.3 Å². The van der Waals surface area contributed by atoms with Crippen LogP contribution in [-0.4, -0.2) is 54.3 Å². The average Bonchev–Trinajstić information content (AvgIpc) is 3.50. The van der Waals surface area contributed by atoms with Gasteiger partial charge >= 0.3 is 0 Å². The van der Waals surface area contributed by atoms with Crippen molar-refractivity contribution in [2.75, 3.05) is 26.8 Å². The molecule has 0 spiro atoms. The van der Waals surface area contributed by atoms with Crippen molar-refractivity contribution in [3.8, 4) is 17.2 Å². The van der Waals surface area contributed by atoms with E-state index in [2.05, 4.69) is 17.1 Å². The van der Waals surface area contributed by atoms with Crippen molar-refractivity contribution in [3.05, 3.63) is 54.2 Å². The Labute approximate surface area is 214 Å². The SMILES string of the molecule is COc1ccc2c(c1)cc(C(=O)NC1CCCCC1)n2-c1ccc(OCCCN2CCC[C@H]2C)cc1. The van der Waals surface area contributed by atoms with Gasteiger partial charge in [0.25, 0.3) is 5.91 Å². The predicted molar refractivity (Wildman–Crippen MR) is 145 cm³/mol. The third kappa shape index (κ3) is 5.54. The molecule has 1 saturated heterocycles. The van der Waals surface area contributed by atoms with Crippen LogP contribution >= 0.6 is 0 Å². The third-order valence-electron chi connectivity index (χ3n) is 7.83. The molecule has 3 aromatic rings. The summed E-state index contributed by atoms with van der Waals surface area (Å²) in [6.45, 7) is 5.34. The van der Waals surface area contributed by atoms with Gasteiger partial charge in [0.1, 0.15) is 17.2 Å². The highest BCUT2D eigenvalue weighted by molar-refractivity contribution is 6.00. The van der Waals surface area contributed by atoms with Gasteiger partial charge in [0.15, 0.2) is 0 Å². The Hall–Kier alpha value is -2.99. The molecule has 1 saturated carbocycles. The summed E-state index contributed by atoms with van der Waals surface area (Å²) in [5.41, 5.74) is 2.58. The number of carbonyl (C=O) groups excluding carboxylic acids is 1. The van der Waals surface area contributed by atoms with Crippen LogP contribution in [0.15, 0.2) is 48.5 Å². The van der Waals surface area contributed by atoms with Crippen molar-refractivity contribution in [1.82, 2.24) is 14.8 Å². The summed E-state index contributed by atoms with van der Waals surface area (Å²) in [4.78, 5) is 16.0. The van der Waals surface area contributed by atoms with Gasteiger partial charge in [-0.3, -0.25) is 4.79 Å². The number of hydrogen-bond acceptors (Lipinski definition) is 4. The number of fused-ring (bicyclic) bond motifs is 1. The molecule has 0 bridgehead atoms. The summed E-state index contributed by atoms with van der Waals surface area (Å²) in [6.07, 6.45) is 9.40. The lowest BCUT2D eigenvalue weighted by atomic mass is 9.95. The summed E-state index contributed by atoms with van der Waals surface area (Å²) >= 11 is 0. The first kappa shape index (κ1) is 24.7. The highest BCUT2D eigenvalue weighted by atomic mass is 16.5. The zero-order chi connectivity index (χ0) is 24.9. The molecule has 5 rings (SSSR count). The summed E-state index contributed by atoms with van der Waals surface area (Å²) in [5.74, 6) is 1.62. The van der Waals surface area contributed by atoms with Crippen LogP contribution in [0.2, 0.25) is 0 Å². The van der Waals surface area contributed by atoms with E-state index in [4.69, 9.17) is 9.47 Å². The number of carbonyl (C=O) groups is 1. The van der Waals surface area contributed by atoms with Gasteiger partial charge in [-0.15, -0.1) is 0 Å². The Bertz CT molecular complexity index is 1160. The lowest BCUT2D eigenvalue weighted by Gasteiger charge is -2.23.